The maximum absolute atomic E-state index is 11.8. The number of nitrogens with one attached hydrogen (secondary N) is 2. The zero-order valence-corrected chi connectivity index (χ0v) is 11.1. The number of rotatable bonds is 8. The predicted molar refractivity (Wildman–Crippen MR) is 71.3 cm³/mol. The van der Waals surface area contributed by atoms with E-state index in [-0.39, 0.29) is 24.7 Å². The first-order valence-corrected chi connectivity index (χ1v) is 6.19. The van der Waals surface area contributed by atoms with Crippen LogP contribution >= 0.6 is 0 Å². The first-order valence-electron chi connectivity index (χ1n) is 6.19. The smallest absolute Gasteiger partial charge is 0.330 e. The van der Waals surface area contributed by atoms with Gasteiger partial charge in [0.1, 0.15) is 18.1 Å². The fraction of sp³-hybridized carbons (Fsp3) is 0.636. The van der Waals surface area contributed by atoms with E-state index in [2.05, 4.69) is 15.0 Å². The van der Waals surface area contributed by atoms with Crippen LogP contribution in [0.25, 0.3) is 0 Å². The van der Waals surface area contributed by atoms with E-state index in [0.29, 0.717) is 13.0 Å². The highest BCUT2D eigenvalue weighted by Gasteiger charge is 2.11. The minimum absolute atomic E-state index is 0.00385. The lowest BCUT2D eigenvalue weighted by atomic mass is 10.4. The number of hydrogen-bond acceptors (Lipinski definition) is 5. The Bertz CT molecular complexity index is 541. The number of hydrogen-bond donors (Lipinski definition) is 3. The monoisotopic (exact) mass is 292 g/mol. The van der Waals surface area contributed by atoms with Gasteiger partial charge in [-0.2, -0.15) is 0 Å². The summed E-state index contributed by atoms with van der Waals surface area (Å²) in [5.41, 5.74) is 4.57. The summed E-state index contributed by atoms with van der Waals surface area (Å²) in [7, 11) is 0. The van der Waals surface area contributed by atoms with Crippen molar-refractivity contribution >= 4 is 11.5 Å². The molecule has 0 atom stereocenters. The molecule has 1 aromatic heterocycles. The van der Waals surface area contributed by atoms with E-state index in [1.165, 1.54) is 4.57 Å². The van der Waals surface area contributed by atoms with Gasteiger partial charge in [-0.25, -0.2) is 13.6 Å². The number of alkyl halides is 2. The van der Waals surface area contributed by atoms with E-state index in [9.17, 15) is 18.4 Å². The lowest BCUT2D eigenvalue weighted by Crippen LogP contribution is -2.34. The van der Waals surface area contributed by atoms with E-state index >= 15 is 0 Å². The van der Waals surface area contributed by atoms with Gasteiger partial charge in [0, 0.05) is 13.1 Å². The molecule has 0 bridgehead atoms. The molecule has 1 aromatic rings. The van der Waals surface area contributed by atoms with Gasteiger partial charge in [0.2, 0.25) is 0 Å². The average Bonchev–Trinajstić information content (AvgIpc) is 2.37. The zero-order valence-electron chi connectivity index (χ0n) is 11.1. The first kappa shape index (κ1) is 16.2. The van der Waals surface area contributed by atoms with Crippen molar-refractivity contribution < 1.29 is 13.5 Å². The molecule has 0 amide bonds. The quantitative estimate of drug-likeness (QED) is 0.595. The maximum atomic E-state index is 11.8. The highest BCUT2D eigenvalue weighted by atomic mass is 19.3. The third-order valence-electron chi connectivity index (χ3n) is 2.48. The number of nitrogens with zero attached hydrogens (tertiary/aromatic N) is 1. The molecule has 0 aromatic carbocycles. The van der Waals surface area contributed by atoms with Crippen molar-refractivity contribution in [2.24, 2.45) is 0 Å². The Morgan fingerprint density at radius 3 is 2.75 bits per heavy atom. The highest BCUT2D eigenvalue weighted by molar-refractivity contribution is 5.60. The number of aromatic amines is 1. The summed E-state index contributed by atoms with van der Waals surface area (Å²) in [4.78, 5) is 25.3. The van der Waals surface area contributed by atoms with Gasteiger partial charge >= 0.3 is 5.69 Å². The second-order valence-electron chi connectivity index (χ2n) is 4.06. The number of halogens is 2. The second kappa shape index (κ2) is 7.63. The number of anilines is 2. The second-order valence-corrected chi connectivity index (χ2v) is 4.06. The summed E-state index contributed by atoms with van der Waals surface area (Å²) in [6.45, 7) is 1.70. The van der Waals surface area contributed by atoms with Gasteiger partial charge in [-0.1, -0.05) is 6.92 Å². The molecule has 9 heteroatoms. The normalized spacial score (nSPS) is 11.0. The van der Waals surface area contributed by atoms with E-state index < -0.39 is 24.3 Å². The van der Waals surface area contributed by atoms with Crippen LogP contribution in [-0.4, -0.2) is 35.7 Å². The molecule has 20 heavy (non-hydrogen) atoms. The molecule has 0 aliphatic rings. The molecule has 0 aliphatic heterocycles. The third-order valence-corrected chi connectivity index (χ3v) is 2.48. The van der Waals surface area contributed by atoms with Crippen LogP contribution in [0.3, 0.4) is 0 Å². The van der Waals surface area contributed by atoms with Crippen LogP contribution < -0.4 is 22.3 Å². The molecule has 0 saturated heterocycles. The molecule has 0 aliphatic carbocycles. The number of H-pyrrole nitrogens is 1. The molecule has 1 rings (SSSR count). The Kier molecular flexibility index (Phi) is 6.16. The largest absolute Gasteiger partial charge is 0.383 e. The molecular weight excluding hydrogens is 274 g/mol. The third kappa shape index (κ3) is 4.34. The molecule has 4 N–H and O–H groups in total. The Hall–Kier alpha value is -1.90. The van der Waals surface area contributed by atoms with Gasteiger partial charge in [-0.15, -0.1) is 0 Å². The Morgan fingerprint density at radius 2 is 2.15 bits per heavy atom. The minimum atomic E-state index is -2.53. The first-order chi connectivity index (χ1) is 9.47. The highest BCUT2D eigenvalue weighted by Crippen LogP contribution is 2.09. The molecule has 0 fully saturated rings. The molecule has 114 valence electrons. The summed E-state index contributed by atoms with van der Waals surface area (Å²) in [6.07, 6.45) is -1.86. The van der Waals surface area contributed by atoms with Gasteiger partial charge in [0.15, 0.2) is 0 Å². The van der Waals surface area contributed by atoms with Crippen LogP contribution in [0.4, 0.5) is 20.3 Å². The fourth-order valence-corrected chi connectivity index (χ4v) is 1.62. The maximum Gasteiger partial charge on any atom is 0.330 e. The van der Waals surface area contributed by atoms with Crippen LogP contribution in [-0.2, 0) is 11.3 Å². The SMILES string of the molecule is CCCn1c(N)c(NCCOCC(F)F)c(=O)[nH]c1=O. The van der Waals surface area contributed by atoms with Gasteiger partial charge in [0.25, 0.3) is 12.0 Å². The van der Waals surface area contributed by atoms with Crippen LogP contribution in [0.1, 0.15) is 13.3 Å². The molecule has 0 saturated carbocycles. The molecule has 0 spiro atoms. The van der Waals surface area contributed by atoms with E-state index in [0.717, 1.165) is 0 Å². The summed E-state index contributed by atoms with van der Waals surface area (Å²) >= 11 is 0. The van der Waals surface area contributed by atoms with Crippen molar-refractivity contribution in [1.82, 2.24) is 9.55 Å². The standard InChI is InChI=1S/C11H18F2N4O3/c1-2-4-17-9(14)8(10(18)16-11(17)19)15-3-5-20-6-7(12)13/h7,15H,2-6,14H2,1H3,(H,16,18,19). The van der Waals surface area contributed by atoms with Crippen LogP contribution in [0.2, 0.25) is 0 Å². The lowest BCUT2D eigenvalue weighted by Gasteiger charge is -2.13. The number of ether oxygens (including phenoxy) is 1. The van der Waals surface area contributed by atoms with Crippen molar-refractivity contribution in [1.29, 1.82) is 0 Å². The Morgan fingerprint density at radius 1 is 1.45 bits per heavy atom. The van der Waals surface area contributed by atoms with Crippen molar-refractivity contribution in [3.05, 3.63) is 20.8 Å². The van der Waals surface area contributed by atoms with Crippen molar-refractivity contribution in [3.8, 4) is 0 Å². The molecule has 0 radical (unpaired) electrons. The summed E-state index contributed by atoms with van der Waals surface area (Å²) in [6, 6.07) is 0. The fourth-order valence-electron chi connectivity index (χ4n) is 1.62. The van der Waals surface area contributed by atoms with E-state index in [1.807, 2.05) is 6.92 Å². The summed E-state index contributed by atoms with van der Waals surface area (Å²) < 4.78 is 29.6. The summed E-state index contributed by atoms with van der Waals surface area (Å²) in [5, 5.41) is 2.68. The lowest BCUT2D eigenvalue weighted by molar-refractivity contribution is 0.0215. The van der Waals surface area contributed by atoms with Gasteiger partial charge in [-0.3, -0.25) is 14.3 Å². The average molecular weight is 292 g/mol. The predicted octanol–water partition coefficient (Wildman–Crippen LogP) is 0.222. The molecule has 7 nitrogen and oxygen atoms in total. The number of nitrogen functional groups attached to an aromatic ring is 1. The zero-order chi connectivity index (χ0) is 15.1. The van der Waals surface area contributed by atoms with Gasteiger partial charge in [-0.05, 0) is 6.42 Å². The van der Waals surface area contributed by atoms with Crippen molar-refractivity contribution in [2.45, 2.75) is 26.3 Å². The molecule has 0 unspecified atom stereocenters. The number of nitrogens with two attached hydrogens (primary N) is 1. The Balaban J connectivity index is 2.72. The van der Waals surface area contributed by atoms with Crippen molar-refractivity contribution in [3.63, 3.8) is 0 Å². The number of aromatic nitrogens is 2. The van der Waals surface area contributed by atoms with Gasteiger partial charge in [0.05, 0.1) is 6.61 Å². The Labute approximate surface area is 113 Å². The topological polar surface area (TPSA) is 102 Å². The van der Waals surface area contributed by atoms with Gasteiger partial charge < -0.3 is 15.8 Å². The van der Waals surface area contributed by atoms with Crippen LogP contribution in [0.5, 0.6) is 0 Å². The van der Waals surface area contributed by atoms with Crippen LogP contribution in [0.15, 0.2) is 9.59 Å². The van der Waals surface area contributed by atoms with E-state index in [1.54, 1.807) is 0 Å². The van der Waals surface area contributed by atoms with Crippen LogP contribution in [0, 0.1) is 0 Å². The van der Waals surface area contributed by atoms with Crippen molar-refractivity contribution in [2.75, 3.05) is 30.8 Å². The molecule has 1 heterocycles. The van der Waals surface area contributed by atoms with E-state index in [4.69, 9.17) is 5.73 Å². The molecular formula is C11H18F2N4O3. The summed E-state index contributed by atoms with van der Waals surface area (Å²) in [5.74, 6) is 0.0226. The minimum Gasteiger partial charge on any atom is -0.383 e.